The highest BCUT2D eigenvalue weighted by Gasteiger charge is 2.15. The minimum Gasteiger partial charge on any atom is -0.497 e. The number of hydrogen-bond donors (Lipinski definition) is 0. The molecule has 2 aromatic heterocycles. The molecule has 0 bridgehead atoms. The molecule has 0 N–H and O–H groups in total. The average Bonchev–Trinajstić information content (AvgIpc) is 2.83. The zero-order valence-electron chi connectivity index (χ0n) is 13.6. The summed E-state index contributed by atoms with van der Waals surface area (Å²) in [4.78, 5) is 16.1. The predicted octanol–water partition coefficient (Wildman–Crippen LogP) is 1.77. The topological polar surface area (TPSA) is 74.8 Å². The van der Waals surface area contributed by atoms with Crippen molar-refractivity contribution in [2.24, 2.45) is 0 Å². The minimum atomic E-state index is -0.250. The van der Waals surface area contributed by atoms with E-state index in [1.54, 1.807) is 19.5 Å². The molecule has 1 aromatic carbocycles. The third-order valence-electron chi connectivity index (χ3n) is 4.56. The van der Waals surface area contributed by atoms with Crippen LogP contribution in [0.5, 0.6) is 5.75 Å². The van der Waals surface area contributed by atoms with Gasteiger partial charge in [0.15, 0.2) is 5.82 Å². The lowest BCUT2D eigenvalue weighted by Gasteiger charge is -2.12. The van der Waals surface area contributed by atoms with Crippen molar-refractivity contribution >= 4 is 10.9 Å². The summed E-state index contributed by atoms with van der Waals surface area (Å²) in [5, 5.41) is 9.24. The Kier molecular flexibility index (Phi) is 3.76. The summed E-state index contributed by atoms with van der Waals surface area (Å²) in [7, 11) is 1.58. The van der Waals surface area contributed by atoms with Gasteiger partial charge < -0.3 is 13.9 Å². The lowest BCUT2D eigenvalue weighted by molar-refractivity contribution is 0.415. The summed E-state index contributed by atoms with van der Waals surface area (Å²) in [6.07, 6.45) is 6.10. The number of hydrogen-bond acceptors (Lipinski definition) is 5. The smallest absolute Gasteiger partial charge is 0.280 e. The van der Waals surface area contributed by atoms with Crippen LogP contribution in [0, 0.1) is 0 Å². The van der Waals surface area contributed by atoms with Gasteiger partial charge in [0.1, 0.15) is 11.6 Å². The van der Waals surface area contributed by atoms with E-state index in [1.165, 1.54) is 12.8 Å². The molecule has 0 saturated heterocycles. The lowest BCUT2D eigenvalue weighted by Crippen LogP contribution is -2.16. The van der Waals surface area contributed by atoms with Crippen molar-refractivity contribution in [3.8, 4) is 5.75 Å². The van der Waals surface area contributed by atoms with Crippen LogP contribution in [-0.4, -0.2) is 31.4 Å². The summed E-state index contributed by atoms with van der Waals surface area (Å²) in [5.41, 5.74) is 0.571. The van der Waals surface area contributed by atoms with Crippen LogP contribution in [0.25, 0.3) is 10.9 Å². The average molecular weight is 325 g/mol. The largest absolute Gasteiger partial charge is 0.497 e. The molecule has 0 radical (unpaired) electrons. The fourth-order valence-electron chi connectivity index (χ4n) is 3.26. The van der Waals surface area contributed by atoms with Crippen molar-refractivity contribution in [1.82, 2.24) is 24.3 Å². The molecule has 0 amide bonds. The molecule has 7 heteroatoms. The number of methoxy groups -OCH3 is 1. The molecule has 24 heavy (non-hydrogen) atoms. The number of rotatable bonds is 3. The van der Waals surface area contributed by atoms with Crippen molar-refractivity contribution in [3.05, 3.63) is 46.5 Å². The molecule has 3 heterocycles. The van der Waals surface area contributed by atoms with E-state index < -0.39 is 0 Å². The molecule has 0 spiro atoms. The van der Waals surface area contributed by atoms with Crippen molar-refractivity contribution in [2.45, 2.75) is 38.8 Å². The zero-order chi connectivity index (χ0) is 16.5. The van der Waals surface area contributed by atoms with Gasteiger partial charge in [-0.25, -0.2) is 0 Å². The highest BCUT2D eigenvalue weighted by Crippen LogP contribution is 2.19. The molecule has 0 atom stereocenters. The van der Waals surface area contributed by atoms with Crippen LogP contribution in [0.15, 0.2) is 29.3 Å². The molecule has 7 nitrogen and oxygen atoms in total. The molecule has 0 saturated carbocycles. The third-order valence-corrected chi connectivity index (χ3v) is 4.56. The Morgan fingerprint density at radius 3 is 3.00 bits per heavy atom. The molecular weight excluding hydrogens is 306 g/mol. The maximum Gasteiger partial charge on any atom is 0.280 e. The first-order chi connectivity index (χ1) is 11.8. The quantitative estimate of drug-likeness (QED) is 0.734. The van der Waals surface area contributed by atoms with Crippen LogP contribution in [0.1, 0.15) is 30.9 Å². The zero-order valence-corrected chi connectivity index (χ0v) is 13.6. The third kappa shape index (κ3) is 2.55. The van der Waals surface area contributed by atoms with Crippen molar-refractivity contribution < 1.29 is 4.74 Å². The van der Waals surface area contributed by atoms with Gasteiger partial charge >= 0.3 is 0 Å². The standard InChI is InChI=1S/C17H19N5O2/c1-24-12-6-7-14-13(9-12)17(23)18-11-21(14)10-16-20-19-15-5-3-2-4-8-22(15)16/h6-7,9,11H,2-5,8,10H2,1H3. The molecule has 0 fully saturated rings. The van der Waals surface area contributed by atoms with E-state index in [0.717, 1.165) is 36.6 Å². The Morgan fingerprint density at radius 2 is 2.12 bits per heavy atom. The SMILES string of the molecule is COc1ccc2c(c1)c(=O)ncn2Cc1nnc2n1CCCCC2. The molecule has 0 unspecified atom stereocenters. The monoisotopic (exact) mass is 325 g/mol. The van der Waals surface area contributed by atoms with Gasteiger partial charge in [0.25, 0.3) is 5.56 Å². The van der Waals surface area contributed by atoms with E-state index in [0.29, 0.717) is 17.7 Å². The van der Waals surface area contributed by atoms with Crippen LogP contribution >= 0.6 is 0 Å². The van der Waals surface area contributed by atoms with Gasteiger partial charge in [0, 0.05) is 13.0 Å². The van der Waals surface area contributed by atoms with Crippen LogP contribution in [0.4, 0.5) is 0 Å². The second-order valence-electron chi connectivity index (χ2n) is 6.06. The predicted molar refractivity (Wildman–Crippen MR) is 89.2 cm³/mol. The first-order valence-electron chi connectivity index (χ1n) is 8.20. The number of benzene rings is 1. The lowest BCUT2D eigenvalue weighted by atomic mass is 10.2. The summed E-state index contributed by atoms with van der Waals surface area (Å²) in [6, 6.07) is 5.46. The van der Waals surface area contributed by atoms with Crippen LogP contribution in [0.3, 0.4) is 0 Å². The van der Waals surface area contributed by atoms with E-state index in [9.17, 15) is 4.79 Å². The van der Waals surface area contributed by atoms with E-state index in [2.05, 4.69) is 19.7 Å². The van der Waals surface area contributed by atoms with Gasteiger partial charge in [-0.3, -0.25) is 4.79 Å². The summed E-state index contributed by atoms with van der Waals surface area (Å²) in [6.45, 7) is 1.50. The number of ether oxygens (including phenoxy) is 1. The van der Waals surface area contributed by atoms with Crippen molar-refractivity contribution in [2.75, 3.05) is 7.11 Å². The van der Waals surface area contributed by atoms with Crippen molar-refractivity contribution in [3.63, 3.8) is 0 Å². The summed E-state index contributed by atoms with van der Waals surface area (Å²) < 4.78 is 9.36. The van der Waals surface area contributed by atoms with Crippen LogP contribution < -0.4 is 10.3 Å². The van der Waals surface area contributed by atoms with Gasteiger partial charge in [-0.2, -0.15) is 4.98 Å². The van der Waals surface area contributed by atoms with Gasteiger partial charge in [-0.1, -0.05) is 6.42 Å². The maximum atomic E-state index is 12.1. The van der Waals surface area contributed by atoms with Gasteiger partial charge in [0.2, 0.25) is 0 Å². The second kappa shape index (κ2) is 6.07. The molecule has 124 valence electrons. The normalized spacial score (nSPS) is 14.4. The molecule has 1 aliphatic heterocycles. The fraction of sp³-hybridized carbons (Fsp3) is 0.412. The number of aromatic nitrogens is 5. The number of nitrogens with zero attached hydrogens (tertiary/aromatic N) is 5. The Balaban J connectivity index is 1.77. The summed E-state index contributed by atoms with van der Waals surface area (Å²) >= 11 is 0. The Bertz CT molecular complexity index is 944. The van der Waals surface area contributed by atoms with Gasteiger partial charge in [0.05, 0.1) is 30.9 Å². The first-order valence-corrected chi connectivity index (χ1v) is 8.20. The number of aryl methyl sites for hydroxylation is 1. The highest BCUT2D eigenvalue weighted by atomic mass is 16.5. The summed E-state index contributed by atoms with van der Waals surface area (Å²) in [5.74, 6) is 2.62. The highest BCUT2D eigenvalue weighted by molar-refractivity contribution is 5.79. The van der Waals surface area contributed by atoms with Gasteiger partial charge in [-0.05, 0) is 31.0 Å². The first kappa shape index (κ1) is 14.9. The molecule has 3 aromatic rings. The van der Waals surface area contributed by atoms with Gasteiger partial charge in [-0.15, -0.1) is 10.2 Å². The molecule has 0 aliphatic carbocycles. The van der Waals surface area contributed by atoms with E-state index >= 15 is 0 Å². The maximum absolute atomic E-state index is 12.1. The number of fused-ring (bicyclic) bond motifs is 2. The molecular formula is C17H19N5O2. The second-order valence-corrected chi connectivity index (χ2v) is 6.06. The van der Waals surface area contributed by atoms with Crippen LogP contribution in [-0.2, 0) is 19.5 Å². The Morgan fingerprint density at radius 1 is 1.21 bits per heavy atom. The van der Waals surface area contributed by atoms with E-state index in [1.807, 2.05) is 16.7 Å². The Labute approximate surface area is 138 Å². The van der Waals surface area contributed by atoms with Crippen molar-refractivity contribution in [1.29, 1.82) is 0 Å². The molecule has 4 rings (SSSR count). The van der Waals surface area contributed by atoms with E-state index in [-0.39, 0.29) is 5.56 Å². The van der Waals surface area contributed by atoms with E-state index in [4.69, 9.17) is 4.74 Å². The minimum absolute atomic E-state index is 0.250. The fourth-order valence-corrected chi connectivity index (χ4v) is 3.26. The Hall–Kier alpha value is -2.70. The molecule has 1 aliphatic rings. The van der Waals surface area contributed by atoms with Crippen LogP contribution in [0.2, 0.25) is 0 Å².